The van der Waals surface area contributed by atoms with Crippen molar-refractivity contribution in [3.63, 3.8) is 0 Å². The third-order valence-corrected chi connectivity index (χ3v) is 10.2. The zero-order valence-electron chi connectivity index (χ0n) is 25.9. The molecule has 0 bridgehead atoms. The van der Waals surface area contributed by atoms with Gasteiger partial charge in [0.2, 0.25) is 0 Å². The number of anilines is 1. The third-order valence-electron chi connectivity index (χ3n) is 9.55. The highest BCUT2D eigenvalue weighted by Crippen LogP contribution is 2.38. The number of aliphatic hydroxyl groups is 1. The van der Waals surface area contributed by atoms with Gasteiger partial charge in [0.15, 0.2) is 11.2 Å². The van der Waals surface area contributed by atoms with Crippen LogP contribution in [0.3, 0.4) is 0 Å². The number of benzene rings is 2. The largest absolute Gasteiger partial charge is 0.393 e. The summed E-state index contributed by atoms with van der Waals surface area (Å²) < 4.78 is 32.8. The van der Waals surface area contributed by atoms with Crippen molar-refractivity contribution >= 4 is 33.3 Å². The van der Waals surface area contributed by atoms with E-state index in [1.807, 2.05) is 35.8 Å². The molecular formula is C34H37F2N7O2S. The van der Waals surface area contributed by atoms with Crippen LogP contribution in [0.4, 0.5) is 13.9 Å². The third kappa shape index (κ3) is 5.85. The van der Waals surface area contributed by atoms with Crippen LogP contribution >= 0.6 is 11.3 Å². The van der Waals surface area contributed by atoms with Gasteiger partial charge in [0.25, 0.3) is 12.3 Å². The smallest absolute Gasteiger partial charge is 0.264 e. The average Bonchev–Trinajstić information content (AvgIpc) is 3.85. The molecule has 7 rings (SSSR count). The molecule has 0 radical (unpaired) electrons. The summed E-state index contributed by atoms with van der Waals surface area (Å²) in [5.74, 6) is -0.377. The molecule has 1 fully saturated rings. The Morgan fingerprint density at radius 2 is 1.96 bits per heavy atom. The van der Waals surface area contributed by atoms with E-state index in [1.54, 1.807) is 30.2 Å². The number of carbonyl (C=O) groups is 1. The van der Waals surface area contributed by atoms with E-state index in [1.165, 1.54) is 16.0 Å². The molecule has 1 saturated carbocycles. The molecule has 2 aliphatic rings. The van der Waals surface area contributed by atoms with E-state index in [0.717, 1.165) is 74.0 Å². The van der Waals surface area contributed by atoms with Crippen LogP contribution in [-0.4, -0.2) is 59.4 Å². The zero-order valence-corrected chi connectivity index (χ0v) is 26.7. The van der Waals surface area contributed by atoms with Gasteiger partial charge in [0.1, 0.15) is 0 Å². The molecular weight excluding hydrogens is 608 g/mol. The number of carbonyl (C=O) groups excluding carboxylic acids is 1. The summed E-state index contributed by atoms with van der Waals surface area (Å²) in [6.45, 7) is 3.48. The summed E-state index contributed by atoms with van der Waals surface area (Å²) in [5.41, 5.74) is 5.24. The summed E-state index contributed by atoms with van der Waals surface area (Å²) in [7, 11) is 2.11. The highest BCUT2D eigenvalue weighted by Gasteiger charge is 2.33. The molecule has 9 nitrogen and oxygen atoms in total. The number of alkyl halides is 2. The van der Waals surface area contributed by atoms with Gasteiger partial charge in [-0.2, -0.15) is 5.10 Å². The van der Waals surface area contributed by atoms with Gasteiger partial charge in [-0.25, -0.2) is 18.7 Å². The lowest BCUT2D eigenvalue weighted by molar-refractivity contribution is -0.118. The number of nitrogens with zero attached hydrogens (tertiary/aromatic N) is 6. The van der Waals surface area contributed by atoms with E-state index in [2.05, 4.69) is 27.2 Å². The first-order valence-corrected chi connectivity index (χ1v) is 16.7. The maximum absolute atomic E-state index is 14.6. The van der Waals surface area contributed by atoms with Crippen LogP contribution in [0, 0.1) is 6.92 Å². The Balaban J connectivity index is 1.23. The van der Waals surface area contributed by atoms with Crippen LogP contribution in [0.25, 0.3) is 22.0 Å². The number of hydrogen-bond acceptors (Lipinski definition) is 7. The number of aliphatic hydroxyl groups excluding tert-OH is 1. The molecule has 46 heavy (non-hydrogen) atoms. The fraction of sp³-hybridized carbons (Fsp3) is 0.412. The fourth-order valence-electron chi connectivity index (χ4n) is 7.03. The number of halogens is 2. The van der Waals surface area contributed by atoms with Gasteiger partial charge in [-0.3, -0.25) is 19.7 Å². The molecule has 1 aliphatic heterocycles. The van der Waals surface area contributed by atoms with Crippen LogP contribution in [0.2, 0.25) is 0 Å². The number of thiazole rings is 1. The summed E-state index contributed by atoms with van der Waals surface area (Å²) in [6.07, 6.45) is 7.33. The molecule has 1 aliphatic carbocycles. The number of fused-ring (bicyclic) bond motifs is 2. The SMILES string of the molecule is Cc1c(-c2ccc(CN(C)C3CCC(O)CC3)cc2)cc(C(F)F)c2cn(C(C(=O)Nc3nccs3)c3ncn4c3CCC4)nc12. The van der Waals surface area contributed by atoms with Gasteiger partial charge >= 0.3 is 0 Å². The Kier molecular flexibility index (Phi) is 8.43. The molecule has 1 amide bonds. The number of rotatable bonds is 9. The number of imidazole rings is 1. The Morgan fingerprint density at radius 1 is 1.17 bits per heavy atom. The van der Waals surface area contributed by atoms with Gasteiger partial charge < -0.3 is 9.67 Å². The van der Waals surface area contributed by atoms with E-state index >= 15 is 0 Å². The van der Waals surface area contributed by atoms with Gasteiger partial charge in [0.05, 0.1) is 23.6 Å². The van der Waals surface area contributed by atoms with E-state index < -0.39 is 12.5 Å². The lowest BCUT2D eigenvalue weighted by atomic mass is 9.92. The van der Waals surface area contributed by atoms with Crippen molar-refractivity contribution in [3.8, 4) is 11.1 Å². The number of hydrogen-bond donors (Lipinski definition) is 2. The number of amides is 1. The first-order chi connectivity index (χ1) is 22.3. The van der Waals surface area contributed by atoms with E-state index in [-0.39, 0.29) is 17.6 Å². The molecule has 3 aromatic heterocycles. The van der Waals surface area contributed by atoms with E-state index in [9.17, 15) is 18.7 Å². The lowest BCUT2D eigenvalue weighted by Gasteiger charge is -2.33. The molecule has 0 saturated heterocycles. The molecule has 0 spiro atoms. The minimum Gasteiger partial charge on any atom is -0.393 e. The fourth-order valence-corrected chi connectivity index (χ4v) is 7.56. The summed E-state index contributed by atoms with van der Waals surface area (Å²) >= 11 is 1.30. The molecule has 4 heterocycles. The standard InChI is InChI=1S/C34H37F2N7O2S/c1-20-25(22-7-5-21(6-8-22)17-41(2)23-9-11-24(44)12-10-23)16-26(32(35)36)27-18-43(40-29(20)27)31(33(45)39-34-37-13-15-46-34)30-28-4-3-14-42(28)19-38-30/h5-8,13,15-16,18-19,23-24,31-32,44H,3-4,9-12,14,17H2,1-2H3,(H,37,39,45). The summed E-state index contributed by atoms with van der Waals surface area (Å²) in [5, 5.41) is 20.1. The Bertz CT molecular complexity index is 1840. The monoisotopic (exact) mass is 645 g/mol. The summed E-state index contributed by atoms with van der Waals surface area (Å²) in [6, 6.07) is 9.09. The van der Waals surface area contributed by atoms with Gasteiger partial charge in [-0.1, -0.05) is 24.3 Å². The van der Waals surface area contributed by atoms with Crippen molar-refractivity contribution in [1.29, 1.82) is 0 Å². The highest BCUT2D eigenvalue weighted by atomic mass is 32.1. The maximum Gasteiger partial charge on any atom is 0.264 e. The maximum atomic E-state index is 14.6. The minimum absolute atomic E-state index is 0.126. The van der Waals surface area contributed by atoms with Crippen LogP contribution in [-0.2, 0) is 24.3 Å². The predicted octanol–water partition coefficient (Wildman–Crippen LogP) is 6.51. The van der Waals surface area contributed by atoms with Crippen molar-refractivity contribution in [2.75, 3.05) is 12.4 Å². The minimum atomic E-state index is -2.74. The number of nitrogens with one attached hydrogen (secondary N) is 1. The average molecular weight is 646 g/mol. The molecule has 1 atom stereocenters. The van der Waals surface area contributed by atoms with Crippen LogP contribution in [0.15, 0.2) is 54.4 Å². The zero-order chi connectivity index (χ0) is 31.9. The summed E-state index contributed by atoms with van der Waals surface area (Å²) in [4.78, 5) is 24.9. The van der Waals surface area contributed by atoms with E-state index in [0.29, 0.717) is 33.3 Å². The second-order valence-electron chi connectivity index (χ2n) is 12.5. The van der Waals surface area contributed by atoms with Crippen molar-refractivity contribution in [2.24, 2.45) is 0 Å². The van der Waals surface area contributed by atoms with Crippen molar-refractivity contribution in [2.45, 2.75) is 83.2 Å². The normalized spacial score (nSPS) is 18.8. The van der Waals surface area contributed by atoms with Crippen molar-refractivity contribution in [3.05, 3.63) is 82.5 Å². The quantitative estimate of drug-likeness (QED) is 0.190. The van der Waals surface area contributed by atoms with E-state index in [4.69, 9.17) is 5.10 Å². The molecule has 12 heteroatoms. The second-order valence-corrected chi connectivity index (χ2v) is 13.4. The number of aromatic nitrogens is 5. The van der Waals surface area contributed by atoms with Gasteiger partial charge in [-0.05, 0) is 80.8 Å². The molecule has 240 valence electrons. The first kappa shape index (κ1) is 30.6. The second kappa shape index (κ2) is 12.7. The lowest BCUT2D eigenvalue weighted by Crippen LogP contribution is -2.35. The molecule has 2 N–H and O–H groups in total. The molecule has 5 aromatic rings. The Labute approximate surface area is 269 Å². The van der Waals surface area contributed by atoms with Crippen molar-refractivity contribution in [1.82, 2.24) is 29.2 Å². The van der Waals surface area contributed by atoms with Gasteiger partial charge in [-0.15, -0.1) is 11.3 Å². The first-order valence-electron chi connectivity index (χ1n) is 15.8. The van der Waals surface area contributed by atoms with Gasteiger partial charge in [0, 0.05) is 53.5 Å². The van der Waals surface area contributed by atoms with Crippen LogP contribution in [0.1, 0.15) is 72.6 Å². The molecule has 1 unspecified atom stereocenters. The van der Waals surface area contributed by atoms with Crippen LogP contribution < -0.4 is 5.32 Å². The predicted molar refractivity (Wildman–Crippen MR) is 174 cm³/mol. The Hall–Kier alpha value is -4.00. The van der Waals surface area contributed by atoms with Crippen LogP contribution in [0.5, 0.6) is 0 Å². The van der Waals surface area contributed by atoms with Crippen molar-refractivity contribution < 1.29 is 18.7 Å². The number of aryl methyl sites for hydroxylation is 2. The molecule has 2 aromatic carbocycles. The Morgan fingerprint density at radius 3 is 2.67 bits per heavy atom. The highest BCUT2D eigenvalue weighted by molar-refractivity contribution is 7.13. The topological polar surface area (TPSA) is 101 Å².